The van der Waals surface area contributed by atoms with Crippen molar-refractivity contribution in [2.45, 2.75) is 96.9 Å². The molecule has 1 aliphatic rings. The molecule has 2 amide bonds. The van der Waals surface area contributed by atoms with Crippen LogP contribution in [0.2, 0.25) is 0 Å². The molecule has 0 atom stereocenters. The van der Waals surface area contributed by atoms with Crippen LogP contribution in [-0.2, 0) is 9.59 Å². The highest BCUT2D eigenvalue weighted by Gasteiger charge is 2.18. The van der Waals surface area contributed by atoms with Crippen LogP contribution in [0.5, 0.6) is 0 Å². The molecule has 0 aromatic rings. The number of amides is 2. The van der Waals surface area contributed by atoms with E-state index in [2.05, 4.69) is 29.4 Å². The van der Waals surface area contributed by atoms with Gasteiger partial charge < -0.3 is 15.5 Å². The highest BCUT2D eigenvalue weighted by atomic mass is 16.2. The Hall–Kier alpha value is -1.10. The van der Waals surface area contributed by atoms with Crippen molar-refractivity contribution < 1.29 is 9.59 Å². The zero-order valence-electron chi connectivity index (χ0n) is 17.2. The van der Waals surface area contributed by atoms with Crippen molar-refractivity contribution in [2.24, 2.45) is 0 Å². The van der Waals surface area contributed by atoms with Crippen molar-refractivity contribution >= 4 is 11.8 Å². The van der Waals surface area contributed by atoms with Gasteiger partial charge in [0.2, 0.25) is 0 Å². The number of hydrogen-bond donors (Lipinski definition) is 2. The van der Waals surface area contributed by atoms with E-state index in [1.165, 1.54) is 44.9 Å². The first-order chi connectivity index (χ1) is 12.7. The fraction of sp³-hybridized carbons (Fsp3) is 0.905. The van der Waals surface area contributed by atoms with Gasteiger partial charge in [0.05, 0.1) is 0 Å². The topological polar surface area (TPSA) is 61.4 Å². The quantitative estimate of drug-likeness (QED) is 0.534. The number of carbonyl (C=O) groups excluding carboxylic acids is 2. The van der Waals surface area contributed by atoms with Gasteiger partial charge in [-0.25, -0.2) is 0 Å². The molecular weight excluding hydrogens is 326 g/mol. The maximum Gasteiger partial charge on any atom is 0.309 e. The second-order valence-electron chi connectivity index (χ2n) is 7.57. The fourth-order valence-corrected chi connectivity index (χ4v) is 3.68. The number of hydrogen-bond acceptors (Lipinski definition) is 3. The zero-order valence-corrected chi connectivity index (χ0v) is 17.2. The van der Waals surface area contributed by atoms with Crippen LogP contribution in [0.4, 0.5) is 0 Å². The molecule has 1 fully saturated rings. The van der Waals surface area contributed by atoms with E-state index in [1.54, 1.807) is 0 Å². The summed E-state index contributed by atoms with van der Waals surface area (Å²) in [5, 5.41) is 5.75. The van der Waals surface area contributed by atoms with Crippen LogP contribution < -0.4 is 10.6 Å². The highest BCUT2D eigenvalue weighted by molar-refractivity contribution is 6.35. The Labute approximate surface area is 160 Å². The minimum atomic E-state index is -0.476. The summed E-state index contributed by atoms with van der Waals surface area (Å²) in [6.07, 6.45) is 14.3. The van der Waals surface area contributed by atoms with Crippen LogP contribution in [0.3, 0.4) is 0 Å². The molecular formula is C21H41N3O2. The fourth-order valence-electron chi connectivity index (χ4n) is 3.68. The smallest absolute Gasteiger partial charge is 0.309 e. The van der Waals surface area contributed by atoms with Gasteiger partial charge in [-0.1, -0.05) is 71.6 Å². The predicted octanol–water partition coefficient (Wildman–Crippen LogP) is 3.62. The summed E-state index contributed by atoms with van der Waals surface area (Å²) in [7, 11) is 0. The van der Waals surface area contributed by atoms with Crippen LogP contribution in [0, 0.1) is 0 Å². The lowest BCUT2D eigenvalue weighted by Gasteiger charge is -2.20. The van der Waals surface area contributed by atoms with Gasteiger partial charge in [0, 0.05) is 12.6 Å². The van der Waals surface area contributed by atoms with Gasteiger partial charge in [-0.3, -0.25) is 9.59 Å². The third-order valence-corrected chi connectivity index (χ3v) is 5.48. The Morgan fingerprint density at radius 1 is 0.808 bits per heavy atom. The molecule has 0 spiro atoms. The summed E-state index contributed by atoms with van der Waals surface area (Å²) in [6.45, 7) is 7.83. The zero-order chi connectivity index (χ0) is 19.0. The third kappa shape index (κ3) is 10.8. The summed E-state index contributed by atoms with van der Waals surface area (Å²) < 4.78 is 0. The monoisotopic (exact) mass is 367 g/mol. The Balaban J connectivity index is 2.28. The minimum absolute atomic E-state index is 0.156. The van der Waals surface area contributed by atoms with Crippen molar-refractivity contribution in [1.29, 1.82) is 0 Å². The second kappa shape index (κ2) is 15.0. The molecule has 152 valence electrons. The van der Waals surface area contributed by atoms with Crippen LogP contribution in [0.1, 0.15) is 90.9 Å². The van der Waals surface area contributed by atoms with Crippen LogP contribution in [-0.4, -0.2) is 48.9 Å². The molecule has 1 aliphatic carbocycles. The largest absolute Gasteiger partial charge is 0.348 e. The van der Waals surface area contributed by atoms with E-state index in [1.807, 2.05) is 0 Å². The lowest BCUT2D eigenvalue weighted by Crippen LogP contribution is -2.45. The molecule has 2 N–H and O–H groups in total. The number of rotatable bonds is 7. The molecule has 1 saturated carbocycles. The molecule has 0 aliphatic heterocycles. The summed E-state index contributed by atoms with van der Waals surface area (Å²) in [6, 6.07) is 0.156. The molecule has 0 bridgehead atoms. The third-order valence-electron chi connectivity index (χ3n) is 5.48. The first kappa shape index (κ1) is 22.9. The lowest BCUT2D eigenvalue weighted by atomic mass is 9.98. The van der Waals surface area contributed by atoms with Crippen LogP contribution in [0.15, 0.2) is 0 Å². The van der Waals surface area contributed by atoms with Crippen LogP contribution >= 0.6 is 0 Å². The minimum Gasteiger partial charge on any atom is -0.348 e. The average Bonchev–Trinajstić information content (AvgIpc) is 2.63. The predicted molar refractivity (Wildman–Crippen MR) is 108 cm³/mol. The summed E-state index contributed by atoms with van der Waals surface area (Å²) in [4.78, 5) is 26.6. The molecule has 0 unspecified atom stereocenters. The molecule has 0 aromatic heterocycles. The van der Waals surface area contributed by atoms with Gasteiger partial charge in [-0.15, -0.1) is 0 Å². The van der Waals surface area contributed by atoms with E-state index in [4.69, 9.17) is 0 Å². The second-order valence-corrected chi connectivity index (χ2v) is 7.57. The summed E-state index contributed by atoms with van der Waals surface area (Å²) >= 11 is 0. The first-order valence-corrected chi connectivity index (χ1v) is 11.0. The lowest BCUT2D eigenvalue weighted by molar-refractivity contribution is -0.139. The summed E-state index contributed by atoms with van der Waals surface area (Å²) in [5.74, 6) is -0.930. The Bertz CT molecular complexity index is 371. The first-order valence-electron chi connectivity index (χ1n) is 11.0. The molecule has 1 rings (SSSR count). The van der Waals surface area contributed by atoms with E-state index < -0.39 is 11.8 Å². The Morgan fingerprint density at radius 2 is 1.31 bits per heavy atom. The summed E-state index contributed by atoms with van der Waals surface area (Å²) in [5.41, 5.74) is 0. The van der Waals surface area contributed by atoms with E-state index >= 15 is 0 Å². The molecule has 0 aromatic carbocycles. The van der Waals surface area contributed by atoms with E-state index in [0.29, 0.717) is 6.54 Å². The Kier molecular flexibility index (Phi) is 13.2. The van der Waals surface area contributed by atoms with Gasteiger partial charge in [0.1, 0.15) is 0 Å². The molecule has 0 heterocycles. The molecule has 5 heteroatoms. The van der Waals surface area contributed by atoms with Gasteiger partial charge in [0.15, 0.2) is 0 Å². The van der Waals surface area contributed by atoms with Crippen LogP contribution in [0.25, 0.3) is 0 Å². The maximum absolute atomic E-state index is 12.2. The SMILES string of the molecule is CCN(CC)CCCNC(=O)C(=O)NC1CCCCCCCCCCC1. The molecule has 0 radical (unpaired) electrons. The van der Waals surface area contributed by atoms with Gasteiger partial charge in [-0.05, 0) is 38.9 Å². The van der Waals surface area contributed by atoms with Crippen molar-refractivity contribution in [3.8, 4) is 0 Å². The number of carbonyl (C=O) groups is 2. The molecule has 26 heavy (non-hydrogen) atoms. The highest BCUT2D eigenvalue weighted by Crippen LogP contribution is 2.16. The van der Waals surface area contributed by atoms with E-state index in [9.17, 15) is 9.59 Å². The van der Waals surface area contributed by atoms with Gasteiger partial charge in [-0.2, -0.15) is 0 Å². The standard InChI is InChI=1S/C21H41N3O2/c1-3-24(4-2)18-14-17-22-20(25)21(26)23-19-15-12-10-8-6-5-7-9-11-13-16-19/h19H,3-18H2,1-2H3,(H,22,25)(H,23,26). The normalized spacial score (nSPS) is 18.0. The average molecular weight is 368 g/mol. The van der Waals surface area contributed by atoms with E-state index in [0.717, 1.165) is 51.7 Å². The van der Waals surface area contributed by atoms with Crippen molar-refractivity contribution in [3.05, 3.63) is 0 Å². The molecule has 5 nitrogen and oxygen atoms in total. The Morgan fingerprint density at radius 3 is 1.81 bits per heavy atom. The van der Waals surface area contributed by atoms with Crippen molar-refractivity contribution in [2.75, 3.05) is 26.2 Å². The maximum atomic E-state index is 12.2. The van der Waals surface area contributed by atoms with Gasteiger partial charge in [0.25, 0.3) is 0 Å². The number of nitrogens with one attached hydrogen (secondary N) is 2. The van der Waals surface area contributed by atoms with E-state index in [-0.39, 0.29) is 6.04 Å². The molecule has 0 saturated heterocycles. The van der Waals surface area contributed by atoms with Crippen molar-refractivity contribution in [1.82, 2.24) is 15.5 Å². The number of nitrogens with zero attached hydrogens (tertiary/aromatic N) is 1. The van der Waals surface area contributed by atoms with Gasteiger partial charge >= 0.3 is 11.8 Å². The van der Waals surface area contributed by atoms with Crippen molar-refractivity contribution in [3.63, 3.8) is 0 Å².